The van der Waals surface area contributed by atoms with Crippen LogP contribution in [0.15, 0.2) is 58.4 Å². The molecule has 3 N–H and O–H groups in total. The van der Waals surface area contributed by atoms with Crippen molar-refractivity contribution in [2.45, 2.75) is 23.2 Å². The van der Waals surface area contributed by atoms with Crippen LogP contribution in [0.4, 0.5) is 11.4 Å². The van der Waals surface area contributed by atoms with Crippen LogP contribution in [-0.4, -0.2) is 52.2 Å². The first kappa shape index (κ1) is 22.5. The third-order valence-corrected chi connectivity index (χ3v) is 6.49. The number of aliphatic imine (C=N–C) groups is 1. The molecule has 0 saturated heterocycles. The lowest BCUT2D eigenvalue weighted by Gasteiger charge is -2.19. The minimum absolute atomic E-state index is 0.0834. The average molecular weight is 446 g/mol. The highest BCUT2D eigenvalue weighted by Crippen LogP contribution is 2.47. The van der Waals surface area contributed by atoms with E-state index in [1.165, 1.54) is 17.7 Å². The fraction of sp³-hybridized carbons (Fsp3) is 0.381. The Bertz CT molecular complexity index is 1070. The molecule has 1 fully saturated rings. The highest BCUT2D eigenvalue weighted by Gasteiger charge is 2.43. The summed E-state index contributed by atoms with van der Waals surface area (Å²) in [5, 5.41) is 20.8. The van der Waals surface area contributed by atoms with Gasteiger partial charge in [0.05, 0.1) is 9.82 Å². The molecule has 10 heteroatoms. The maximum atomic E-state index is 11.6. The van der Waals surface area contributed by atoms with Crippen LogP contribution in [-0.2, 0) is 15.3 Å². The number of hydrogen-bond acceptors (Lipinski definition) is 6. The normalized spacial score (nSPS) is 15.2. The van der Waals surface area contributed by atoms with Crippen molar-refractivity contribution >= 4 is 27.2 Å². The molecule has 0 atom stereocenters. The maximum Gasteiger partial charge on any atom is 0.293 e. The summed E-state index contributed by atoms with van der Waals surface area (Å²) in [7, 11) is -1.82. The lowest BCUT2D eigenvalue weighted by molar-refractivity contribution is -0.384. The maximum absolute atomic E-state index is 11.6. The van der Waals surface area contributed by atoms with Gasteiger partial charge >= 0.3 is 0 Å². The predicted molar refractivity (Wildman–Crippen MR) is 121 cm³/mol. The molecule has 3 rings (SSSR count). The molecule has 0 amide bonds. The van der Waals surface area contributed by atoms with Gasteiger partial charge in [0.1, 0.15) is 5.69 Å². The smallest absolute Gasteiger partial charge is 0.293 e. The fourth-order valence-electron chi connectivity index (χ4n) is 3.40. The Hall–Kier alpha value is -3.14. The molecule has 1 aliphatic carbocycles. The van der Waals surface area contributed by atoms with E-state index in [2.05, 4.69) is 45.2 Å². The lowest BCUT2D eigenvalue weighted by Crippen LogP contribution is -2.42. The summed E-state index contributed by atoms with van der Waals surface area (Å²) in [5.41, 5.74) is 1.47. The van der Waals surface area contributed by atoms with Crippen LogP contribution in [0.1, 0.15) is 18.4 Å². The second-order valence-corrected chi connectivity index (χ2v) is 9.65. The van der Waals surface area contributed by atoms with E-state index in [9.17, 15) is 18.5 Å². The van der Waals surface area contributed by atoms with E-state index < -0.39 is 14.8 Å². The Morgan fingerprint density at radius 3 is 2.42 bits per heavy atom. The van der Waals surface area contributed by atoms with Gasteiger partial charge in [0, 0.05) is 44.4 Å². The number of anilines is 1. The van der Waals surface area contributed by atoms with Crippen molar-refractivity contribution in [1.82, 2.24) is 10.6 Å². The van der Waals surface area contributed by atoms with E-state index in [-0.39, 0.29) is 21.7 Å². The van der Waals surface area contributed by atoms with E-state index in [0.29, 0.717) is 19.0 Å². The Balaban J connectivity index is 1.51. The summed E-state index contributed by atoms with van der Waals surface area (Å²) in [6, 6.07) is 14.3. The molecule has 166 valence electrons. The molecule has 2 aromatic carbocycles. The zero-order chi connectivity index (χ0) is 22.5. The van der Waals surface area contributed by atoms with Crippen molar-refractivity contribution in [2.75, 3.05) is 38.3 Å². The van der Waals surface area contributed by atoms with Gasteiger partial charge in [0.2, 0.25) is 0 Å². The Morgan fingerprint density at radius 1 is 1.13 bits per heavy atom. The van der Waals surface area contributed by atoms with Gasteiger partial charge in [-0.2, -0.15) is 0 Å². The number of sulfone groups is 1. The molecule has 9 nitrogen and oxygen atoms in total. The van der Waals surface area contributed by atoms with E-state index >= 15 is 0 Å². The Labute approximate surface area is 182 Å². The molecule has 0 heterocycles. The van der Waals surface area contributed by atoms with Crippen LogP contribution in [0.5, 0.6) is 0 Å². The first-order valence-corrected chi connectivity index (χ1v) is 11.9. The Kier molecular flexibility index (Phi) is 6.79. The van der Waals surface area contributed by atoms with Gasteiger partial charge in [0.25, 0.3) is 5.69 Å². The van der Waals surface area contributed by atoms with Crippen molar-refractivity contribution in [1.29, 1.82) is 0 Å². The van der Waals surface area contributed by atoms with Gasteiger partial charge in [-0.1, -0.05) is 30.3 Å². The summed E-state index contributed by atoms with van der Waals surface area (Å²) >= 11 is 0. The summed E-state index contributed by atoms with van der Waals surface area (Å²) in [4.78, 5) is 14.9. The zero-order valence-electron chi connectivity index (χ0n) is 17.6. The quantitative estimate of drug-likeness (QED) is 0.178. The number of hydrogen-bond donors (Lipinski definition) is 3. The van der Waals surface area contributed by atoms with Crippen LogP contribution >= 0.6 is 0 Å². The van der Waals surface area contributed by atoms with E-state index in [1.54, 1.807) is 7.05 Å². The molecule has 0 aromatic heterocycles. The van der Waals surface area contributed by atoms with E-state index in [0.717, 1.165) is 31.7 Å². The number of nitrogens with one attached hydrogen (secondary N) is 3. The van der Waals surface area contributed by atoms with Crippen molar-refractivity contribution in [3.05, 3.63) is 64.2 Å². The molecule has 0 unspecified atom stereocenters. The molecular formula is C21H27N5O4S. The van der Waals surface area contributed by atoms with E-state index in [1.807, 2.05) is 6.07 Å². The second kappa shape index (κ2) is 9.34. The van der Waals surface area contributed by atoms with Crippen LogP contribution in [0, 0.1) is 10.1 Å². The third kappa shape index (κ3) is 5.72. The highest BCUT2D eigenvalue weighted by atomic mass is 32.2. The van der Waals surface area contributed by atoms with Gasteiger partial charge in [-0.25, -0.2) is 8.42 Å². The van der Waals surface area contributed by atoms with Gasteiger partial charge in [0.15, 0.2) is 15.8 Å². The van der Waals surface area contributed by atoms with Gasteiger partial charge in [-0.3, -0.25) is 15.1 Å². The third-order valence-electron chi connectivity index (χ3n) is 5.38. The monoisotopic (exact) mass is 445 g/mol. The van der Waals surface area contributed by atoms with Gasteiger partial charge < -0.3 is 16.0 Å². The number of nitrogens with zero attached hydrogens (tertiary/aromatic N) is 2. The lowest BCUT2D eigenvalue weighted by atomic mass is 9.96. The number of rotatable bonds is 9. The number of nitro groups is 1. The largest absolute Gasteiger partial charge is 0.378 e. The summed E-state index contributed by atoms with van der Waals surface area (Å²) in [6.45, 7) is 1.65. The number of benzene rings is 2. The SMILES string of the molecule is CN=C(NCCNc1ccc(S(C)(=O)=O)cc1[N+](=O)[O-])NCC1(c2ccccc2)CC1. The average Bonchev–Trinajstić information content (AvgIpc) is 3.54. The topological polar surface area (TPSA) is 126 Å². The minimum Gasteiger partial charge on any atom is -0.378 e. The van der Waals surface area contributed by atoms with E-state index in [4.69, 9.17) is 0 Å². The second-order valence-electron chi connectivity index (χ2n) is 7.63. The first-order chi connectivity index (χ1) is 14.7. The summed E-state index contributed by atoms with van der Waals surface area (Å²) in [5.74, 6) is 0.658. The van der Waals surface area contributed by atoms with Crippen LogP contribution in [0.25, 0.3) is 0 Å². The molecule has 31 heavy (non-hydrogen) atoms. The molecular weight excluding hydrogens is 418 g/mol. The molecule has 0 aliphatic heterocycles. The Morgan fingerprint density at radius 2 is 1.84 bits per heavy atom. The van der Waals surface area contributed by atoms with Gasteiger partial charge in [-0.15, -0.1) is 0 Å². The van der Waals surface area contributed by atoms with Crippen molar-refractivity contribution in [2.24, 2.45) is 4.99 Å². The van der Waals surface area contributed by atoms with Crippen molar-refractivity contribution < 1.29 is 13.3 Å². The van der Waals surface area contributed by atoms with Crippen molar-refractivity contribution in [3.63, 3.8) is 0 Å². The minimum atomic E-state index is -3.52. The molecule has 0 radical (unpaired) electrons. The van der Waals surface area contributed by atoms with Gasteiger partial charge in [-0.05, 0) is 30.5 Å². The predicted octanol–water partition coefficient (Wildman–Crippen LogP) is 2.31. The molecule has 1 saturated carbocycles. The summed E-state index contributed by atoms with van der Waals surface area (Å²) in [6.07, 6.45) is 3.29. The van der Waals surface area contributed by atoms with Crippen molar-refractivity contribution in [3.8, 4) is 0 Å². The fourth-order valence-corrected chi connectivity index (χ4v) is 4.05. The first-order valence-electron chi connectivity index (χ1n) is 9.98. The molecule has 1 aliphatic rings. The molecule has 2 aromatic rings. The van der Waals surface area contributed by atoms with Crippen LogP contribution < -0.4 is 16.0 Å². The van der Waals surface area contributed by atoms with Crippen LogP contribution in [0.3, 0.4) is 0 Å². The molecule has 0 bridgehead atoms. The summed E-state index contributed by atoms with van der Waals surface area (Å²) < 4.78 is 23.3. The number of guanidine groups is 1. The zero-order valence-corrected chi connectivity index (χ0v) is 18.4. The molecule has 0 spiro atoms. The highest BCUT2D eigenvalue weighted by molar-refractivity contribution is 7.90. The van der Waals surface area contributed by atoms with Crippen LogP contribution in [0.2, 0.25) is 0 Å². The number of nitro benzene ring substituents is 1. The standard InChI is InChI=1S/C21H27N5O4S/c1-22-20(25-15-21(10-11-21)16-6-4-3-5-7-16)24-13-12-23-18-9-8-17(31(2,29)30)14-19(18)26(27)28/h3-9,14,23H,10-13,15H2,1-2H3,(H2,22,24,25).